The summed E-state index contributed by atoms with van der Waals surface area (Å²) in [4.78, 5) is 15.1. The van der Waals surface area contributed by atoms with Crippen molar-refractivity contribution in [3.63, 3.8) is 0 Å². The summed E-state index contributed by atoms with van der Waals surface area (Å²) >= 11 is 0. The fourth-order valence-electron chi connectivity index (χ4n) is 1.35. The Hall–Kier alpha value is -2.10. The van der Waals surface area contributed by atoms with Gasteiger partial charge in [-0.05, 0) is 19.1 Å². The summed E-state index contributed by atoms with van der Waals surface area (Å²) in [6.45, 7) is 1.60. The van der Waals surface area contributed by atoms with Crippen molar-refractivity contribution in [1.82, 2.24) is 4.98 Å². The number of amides is 1. The maximum absolute atomic E-state index is 10.8. The van der Waals surface area contributed by atoms with E-state index < -0.39 is 12.0 Å². The van der Waals surface area contributed by atoms with E-state index in [2.05, 4.69) is 4.98 Å². The largest absolute Gasteiger partial charge is 0.465 e. The molecule has 2 rings (SSSR count). The number of rotatable bonds is 3. The second-order valence-electron chi connectivity index (χ2n) is 3.50. The van der Waals surface area contributed by atoms with Gasteiger partial charge in [0.15, 0.2) is 6.10 Å². The maximum Gasteiger partial charge on any atom is 0.258 e. The molecule has 16 heavy (non-hydrogen) atoms. The Bertz CT molecular complexity index is 525. The fourth-order valence-corrected chi connectivity index (χ4v) is 1.35. The van der Waals surface area contributed by atoms with Gasteiger partial charge in [-0.25, -0.2) is 4.98 Å². The van der Waals surface area contributed by atoms with Crippen LogP contribution in [0, 0.1) is 0 Å². The van der Waals surface area contributed by atoms with Crippen LogP contribution in [0.25, 0.3) is 10.9 Å². The van der Waals surface area contributed by atoms with E-state index in [1.165, 1.54) is 0 Å². The van der Waals surface area contributed by atoms with Gasteiger partial charge in [-0.15, -0.1) is 0 Å². The molecule has 1 amide bonds. The van der Waals surface area contributed by atoms with Crippen LogP contribution in [-0.2, 0) is 4.79 Å². The third-order valence-corrected chi connectivity index (χ3v) is 2.27. The predicted molar refractivity (Wildman–Crippen MR) is 61.0 cm³/mol. The van der Waals surface area contributed by atoms with E-state index in [-0.39, 0.29) is 0 Å². The molecular weight excluding hydrogens is 204 g/mol. The van der Waals surface area contributed by atoms with Crippen LogP contribution in [0.15, 0.2) is 36.4 Å². The molecule has 0 aliphatic rings. The number of para-hydroxylation sites is 1. The Morgan fingerprint density at radius 3 is 2.81 bits per heavy atom. The summed E-state index contributed by atoms with van der Waals surface area (Å²) in [6, 6.07) is 11.3. The second-order valence-corrected chi connectivity index (χ2v) is 3.50. The molecule has 1 aromatic heterocycles. The molecule has 0 aliphatic carbocycles. The van der Waals surface area contributed by atoms with Crippen LogP contribution in [0.1, 0.15) is 6.92 Å². The quantitative estimate of drug-likeness (QED) is 0.845. The Balaban J connectivity index is 2.29. The molecule has 4 heteroatoms. The summed E-state index contributed by atoms with van der Waals surface area (Å²) in [5, 5.41) is 1.03. The molecule has 0 radical (unpaired) electrons. The highest BCUT2D eigenvalue weighted by Gasteiger charge is 2.10. The van der Waals surface area contributed by atoms with E-state index in [1.807, 2.05) is 30.3 Å². The van der Waals surface area contributed by atoms with Gasteiger partial charge in [-0.3, -0.25) is 4.79 Å². The Labute approximate surface area is 93.0 Å². The summed E-state index contributed by atoms with van der Waals surface area (Å²) in [5.74, 6) is -0.0973. The first-order valence-corrected chi connectivity index (χ1v) is 4.98. The molecule has 4 nitrogen and oxygen atoms in total. The predicted octanol–water partition coefficient (Wildman–Crippen LogP) is 1.49. The third kappa shape index (κ3) is 2.11. The number of nitrogens with two attached hydrogens (primary N) is 1. The van der Waals surface area contributed by atoms with E-state index in [1.54, 1.807) is 13.0 Å². The van der Waals surface area contributed by atoms with Gasteiger partial charge in [0.25, 0.3) is 5.91 Å². The lowest BCUT2D eigenvalue weighted by Gasteiger charge is -2.10. The molecule has 82 valence electrons. The molecule has 0 aliphatic heterocycles. The minimum absolute atomic E-state index is 0.407. The van der Waals surface area contributed by atoms with Gasteiger partial charge in [0, 0.05) is 11.5 Å². The monoisotopic (exact) mass is 216 g/mol. The SMILES string of the molecule is CC(Oc1ccc2ccccc2n1)C(N)=O. The van der Waals surface area contributed by atoms with E-state index in [0.717, 1.165) is 10.9 Å². The third-order valence-electron chi connectivity index (χ3n) is 2.27. The van der Waals surface area contributed by atoms with Crippen molar-refractivity contribution in [2.45, 2.75) is 13.0 Å². The lowest BCUT2D eigenvalue weighted by atomic mass is 10.2. The molecule has 0 fully saturated rings. The van der Waals surface area contributed by atoms with Gasteiger partial charge in [-0.2, -0.15) is 0 Å². The first-order chi connectivity index (χ1) is 7.66. The van der Waals surface area contributed by atoms with E-state index in [0.29, 0.717) is 5.88 Å². The topological polar surface area (TPSA) is 65.2 Å². The number of hydrogen-bond donors (Lipinski definition) is 1. The number of primary amides is 1. The highest BCUT2D eigenvalue weighted by molar-refractivity contribution is 5.80. The average molecular weight is 216 g/mol. The molecule has 1 heterocycles. The first kappa shape index (κ1) is 10.4. The smallest absolute Gasteiger partial charge is 0.258 e. The number of hydrogen-bond acceptors (Lipinski definition) is 3. The van der Waals surface area contributed by atoms with Crippen LogP contribution < -0.4 is 10.5 Å². The molecule has 2 aromatic rings. The van der Waals surface area contributed by atoms with Crippen molar-refractivity contribution in [3.05, 3.63) is 36.4 Å². The number of carbonyl (C=O) groups excluding carboxylic acids is 1. The average Bonchev–Trinajstić information content (AvgIpc) is 2.28. The standard InChI is InChI=1S/C12H12N2O2/c1-8(12(13)15)16-11-7-6-9-4-2-3-5-10(9)14-11/h2-8H,1H3,(H2,13,15). The van der Waals surface area contributed by atoms with Gasteiger partial charge in [0.2, 0.25) is 5.88 Å². The molecule has 2 N–H and O–H groups in total. The first-order valence-electron chi connectivity index (χ1n) is 4.98. The normalized spacial score (nSPS) is 12.3. The van der Waals surface area contributed by atoms with Crippen LogP contribution in [-0.4, -0.2) is 17.0 Å². The van der Waals surface area contributed by atoms with Crippen LogP contribution in [0.2, 0.25) is 0 Å². The van der Waals surface area contributed by atoms with Gasteiger partial charge in [-0.1, -0.05) is 18.2 Å². The van der Waals surface area contributed by atoms with E-state index in [4.69, 9.17) is 10.5 Å². The fraction of sp³-hybridized carbons (Fsp3) is 0.167. The summed E-state index contributed by atoms with van der Waals surface area (Å²) in [6.07, 6.45) is -0.673. The van der Waals surface area contributed by atoms with Crippen LogP contribution in [0.4, 0.5) is 0 Å². The van der Waals surface area contributed by atoms with Gasteiger partial charge >= 0.3 is 0 Å². The van der Waals surface area contributed by atoms with Gasteiger partial charge in [0.05, 0.1) is 5.52 Å². The number of benzene rings is 1. The number of ether oxygens (including phenoxy) is 1. The van der Waals surface area contributed by atoms with Gasteiger partial charge < -0.3 is 10.5 Å². The van der Waals surface area contributed by atoms with Crippen molar-refractivity contribution >= 4 is 16.8 Å². The van der Waals surface area contributed by atoms with Gasteiger partial charge in [0.1, 0.15) is 0 Å². The van der Waals surface area contributed by atoms with E-state index in [9.17, 15) is 4.79 Å². The lowest BCUT2D eigenvalue weighted by molar-refractivity contribution is -0.124. The van der Waals surface area contributed by atoms with E-state index >= 15 is 0 Å². The minimum Gasteiger partial charge on any atom is -0.465 e. The minimum atomic E-state index is -0.673. The van der Waals surface area contributed by atoms with Crippen molar-refractivity contribution in [1.29, 1.82) is 0 Å². The second kappa shape index (κ2) is 4.18. The number of nitrogens with zero attached hydrogens (tertiary/aromatic N) is 1. The molecule has 0 bridgehead atoms. The zero-order valence-electron chi connectivity index (χ0n) is 8.88. The Kier molecular flexibility index (Phi) is 2.72. The van der Waals surface area contributed by atoms with Crippen LogP contribution in [0.5, 0.6) is 5.88 Å². The Morgan fingerprint density at radius 1 is 1.31 bits per heavy atom. The molecular formula is C12H12N2O2. The van der Waals surface area contributed by atoms with Crippen LogP contribution in [0.3, 0.4) is 0 Å². The number of pyridine rings is 1. The molecule has 0 saturated heterocycles. The zero-order valence-corrected chi connectivity index (χ0v) is 8.88. The maximum atomic E-state index is 10.8. The number of carbonyl (C=O) groups is 1. The molecule has 1 aromatic carbocycles. The van der Waals surface area contributed by atoms with Crippen molar-refractivity contribution in [3.8, 4) is 5.88 Å². The van der Waals surface area contributed by atoms with Crippen LogP contribution >= 0.6 is 0 Å². The lowest BCUT2D eigenvalue weighted by Crippen LogP contribution is -2.30. The highest BCUT2D eigenvalue weighted by Crippen LogP contribution is 2.16. The number of aromatic nitrogens is 1. The summed E-state index contributed by atoms with van der Waals surface area (Å²) in [7, 11) is 0. The Morgan fingerprint density at radius 2 is 2.06 bits per heavy atom. The molecule has 0 spiro atoms. The highest BCUT2D eigenvalue weighted by atomic mass is 16.5. The van der Waals surface area contributed by atoms with Crippen molar-refractivity contribution in [2.75, 3.05) is 0 Å². The number of fused-ring (bicyclic) bond motifs is 1. The zero-order chi connectivity index (χ0) is 11.5. The molecule has 0 saturated carbocycles. The summed E-state index contributed by atoms with van der Waals surface area (Å²) < 4.78 is 5.30. The summed E-state index contributed by atoms with van der Waals surface area (Å²) in [5.41, 5.74) is 5.93. The van der Waals surface area contributed by atoms with Crippen molar-refractivity contribution in [2.24, 2.45) is 5.73 Å². The molecule has 1 unspecified atom stereocenters. The van der Waals surface area contributed by atoms with Crippen molar-refractivity contribution < 1.29 is 9.53 Å². The molecule has 1 atom stereocenters.